The fourth-order valence-corrected chi connectivity index (χ4v) is 3.70. The summed E-state index contributed by atoms with van der Waals surface area (Å²) in [6, 6.07) is 6.59. The Bertz CT molecular complexity index is 847. The minimum Gasteiger partial charge on any atom is -0.375 e. The maximum absolute atomic E-state index is 13.3. The number of rotatable bonds is 6. The number of nitrogens with zero attached hydrogens (tertiary/aromatic N) is 4. The van der Waals surface area contributed by atoms with Crippen molar-refractivity contribution in [2.75, 3.05) is 44.8 Å². The standard InChI is InChI=1S/C22H29FN4O2/c1-15(2)21-19(13-17-5-7-18(23)8-6-17)22(25-16(3)24-21)27-11-9-26(10-12-27)20(28)14-29-4/h5-8,15H,9-14H2,1-4H3. The Labute approximate surface area is 171 Å². The highest BCUT2D eigenvalue weighted by Gasteiger charge is 2.26. The predicted octanol–water partition coefficient (Wildman–Crippen LogP) is 2.93. The van der Waals surface area contributed by atoms with Gasteiger partial charge in [-0.3, -0.25) is 4.79 Å². The molecule has 0 atom stereocenters. The van der Waals surface area contributed by atoms with Gasteiger partial charge in [0.05, 0.1) is 5.69 Å². The number of anilines is 1. The third kappa shape index (κ3) is 5.09. The van der Waals surface area contributed by atoms with Gasteiger partial charge in [0.2, 0.25) is 5.91 Å². The molecule has 7 heteroatoms. The lowest BCUT2D eigenvalue weighted by Crippen LogP contribution is -2.50. The van der Waals surface area contributed by atoms with Crippen LogP contribution < -0.4 is 4.90 Å². The number of piperazine rings is 1. The van der Waals surface area contributed by atoms with E-state index in [2.05, 4.69) is 18.7 Å². The fraction of sp³-hybridized carbons (Fsp3) is 0.500. The molecule has 0 aliphatic carbocycles. The molecule has 0 radical (unpaired) electrons. The first-order valence-corrected chi connectivity index (χ1v) is 10.0. The quantitative estimate of drug-likeness (QED) is 0.746. The van der Waals surface area contributed by atoms with Gasteiger partial charge in [-0.2, -0.15) is 0 Å². The topological polar surface area (TPSA) is 58.6 Å². The number of carbonyl (C=O) groups is 1. The van der Waals surface area contributed by atoms with Crippen LogP contribution in [0.4, 0.5) is 10.2 Å². The summed E-state index contributed by atoms with van der Waals surface area (Å²) in [7, 11) is 1.53. The first-order valence-electron chi connectivity index (χ1n) is 10.0. The summed E-state index contributed by atoms with van der Waals surface area (Å²) in [6.45, 7) is 8.97. The van der Waals surface area contributed by atoms with Crippen molar-refractivity contribution >= 4 is 11.7 Å². The molecule has 0 spiro atoms. The summed E-state index contributed by atoms with van der Waals surface area (Å²) >= 11 is 0. The number of halogens is 1. The number of amides is 1. The first kappa shape index (κ1) is 21.2. The average Bonchev–Trinajstić information content (AvgIpc) is 2.70. The summed E-state index contributed by atoms with van der Waals surface area (Å²) in [5.74, 6) is 1.68. The molecular formula is C22H29FN4O2. The highest BCUT2D eigenvalue weighted by Crippen LogP contribution is 2.29. The van der Waals surface area contributed by atoms with Gasteiger partial charge in [-0.15, -0.1) is 0 Å². The van der Waals surface area contributed by atoms with Crippen molar-refractivity contribution in [3.8, 4) is 0 Å². The maximum atomic E-state index is 13.3. The van der Waals surface area contributed by atoms with Crippen LogP contribution in [0.15, 0.2) is 24.3 Å². The van der Waals surface area contributed by atoms with Gasteiger partial charge in [-0.25, -0.2) is 14.4 Å². The SMILES string of the molecule is COCC(=O)N1CCN(c2nc(C)nc(C(C)C)c2Cc2ccc(F)cc2)CC1. The number of hydrogen-bond acceptors (Lipinski definition) is 5. The Kier molecular flexibility index (Phi) is 6.79. The fourth-order valence-electron chi connectivity index (χ4n) is 3.70. The third-order valence-corrected chi connectivity index (χ3v) is 5.17. The van der Waals surface area contributed by atoms with Crippen LogP contribution in [0.3, 0.4) is 0 Å². The average molecular weight is 400 g/mol. The summed E-state index contributed by atoms with van der Waals surface area (Å²) in [5, 5.41) is 0. The molecule has 1 aliphatic rings. The van der Waals surface area contributed by atoms with Crippen molar-refractivity contribution in [3.63, 3.8) is 0 Å². The zero-order chi connectivity index (χ0) is 21.0. The van der Waals surface area contributed by atoms with Crippen molar-refractivity contribution in [2.45, 2.75) is 33.1 Å². The van der Waals surface area contributed by atoms with Gasteiger partial charge in [-0.1, -0.05) is 26.0 Å². The molecule has 1 aliphatic heterocycles. The van der Waals surface area contributed by atoms with Crippen LogP contribution in [0.5, 0.6) is 0 Å². The summed E-state index contributed by atoms with van der Waals surface area (Å²) in [5.41, 5.74) is 3.12. The second-order valence-corrected chi connectivity index (χ2v) is 7.72. The molecule has 1 fully saturated rings. The molecule has 0 bridgehead atoms. The second-order valence-electron chi connectivity index (χ2n) is 7.72. The van der Waals surface area contributed by atoms with E-state index >= 15 is 0 Å². The van der Waals surface area contributed by atoms with Crippen molar-refractivity contribution < 1.29 is 13.9 Å². The van der Waals surface area contributed by atoms with Gasteiger partial charge in [0, 0.05) is 45.3 Å². The summed E-state index contributed by atoms with van der Waals surface area (Å²) in [6.07, 6.45) is 0.645. The molecular weight excluding hydrogens is 371 g/mol. The molecule has 2 aromatic rings. The predicted molar refractivity (Wildman–Crippen MR) is 111 cm³/mol. The van der Waals surface area contributed by atoms with Crippen molar-refractivity contribution in [1.82, 2.24) is 14.9 Å². The molecule has 0 saturated carbocycles. The maximum Gasteiger partial charge on any atom is 0.248 e. The van der Waals surface area contributed by atoms with Crippen molar-refractivity contribution in [1.29, 1.82) is 0 Å². The summed E-state index contributed by atoms with van der Waals surface area (Å²) in [4.78, 5) is 25.7. The van der Waals surface area contributed by atoms with Gasteiger partial charge in [0.25, 0.3) is 0 Å². The minimum absolute atomic E-state index is 0.0143. The highest BCUT2D eigenvalue weighted by atomic mass is 19.1. The minimum atomic E-state index is -0.241. The van der Waals surface area contributed by atoms with Gasteiger partial charge in [0.1, 0.15) is 24.1 Å². The highest BCUT2D eigenvalue weighted by molar-refractivity contribution is 5.77. The molecule has 1 aromatic heterocycles. The van der Waals surface area contributed by atoms with E-state index in [4.69, 9.17) is 14.7 Å². The molecule has 0 unspecified atom stereocenters. The molecule has 2 heterocycles. The van der Waals surface area contributed by atoms with Crippen LogP contribution in [0.1, 0.15) is 42.4 Å². The van der Waals surface area contributed by atoms with Crippen molar-refractivity contribution in [3.05, 3.63) is 52.7 Å². The van der Waals surface area contributed by atoms with E-state index < -0.39 is 0 Å². The lowest BCUT2D eigenvalue weighted by molar-refractivity contribution is -0.135. The number of aryl methyl sites for hydroxylation is 1. The van der Waals surface area contributed by atoms with Crippen LogP contribution in [-0.2, 0) is 16.0 Å². The lowest BCUT2D eigenvalue weighted by atomic mass is 9.97. The normalized spacial score (nSPS) is 14.6. The Balaban J connectivity index is 1.89. The third-order valence-electron chi connectivity index (χ3n) is 5.17. The largest absolute Gasteiger partial charge is 0.375 e. The molecule has 29 heavy (non-hydrogen) atoms. The second kappa shape index (κ2) is 9.31. The van der Waals surface area contributed by atoms with Crippen LogP contribution in [0, 0.1) is 12.7 Å². The number of ether oxygens (including phenoxy) is 1. The smallest absolute Gasteiger partial charge is 0.248 e. The number of carbonyl (C=O) groups excluding carboxylic acids is 1. The first-order chi connectivity index (χ1) is 13.9. The van der Waals surface area contributed by atoms with Crippen LogP contribution in [0.2, 0.25) is 0 Å². The molecule has 1 saturated heterocycles. The Morgan fingerprint density at radius 2 is 1.79 bits per heavy atom. The number of benzene rings is 1. The van der Waals surface area contributed by atoms with Crippen LogP contribution in [0.25, 0.3) is 0 Å². The van der Waals surface area contributed by atoms with Gasteiger partial charge in [-0.05, 0) is 30.5 Å². The van der Waals surface area contributed by atoms with E-state index in [1.54, 1.807) is 0 Å². The molecule has 6 nitrogen and oxygen atoms in total. The zero-order valence-corrected chi connectivity index (χ0v) is 17.6. The van der Waals surface area contributed by atoms with E-state index in [1.165, 1.54) is 19.2 Å². The van der Waals surface area contributed by atoms with Gasteiger partial charge < -0.3 is 14.5 Å². The van der Waals surface area contributed by atoms with E-state index in [1.807, 2.05) is 24.0 Å². The van der Waals surface area contributed by atoms with E-state index in [0.29, 0.717) is 32.6 Å². The Morgan fingerprint density at radius 3 is 2.38 bits per heavy atom. The summed E-state index contributed by atoms with van der Waals surface area (Å²) < 4.78 is 18.3. The van der Waals surface area contributed by atoms with Crippen LogP contribution >= 0.6 is 0 Å². The van der Waals surface area contributed by atoms with E-state index in [-0.39, 0.29) is 24.2 Å². The Hall–Kier alpha value is -2.54. The monoisotopic (exact) mass is 400 g/mol. The zero-order valence-electron chi connectivity index (χ0n) is 17.6. The molecule has 3 rings (SSSR count). The van der Waals surface area contributed by atoms with Gasteiger partial charge >= 0.3 is 0 Å². The van der Waals surface area contributed by atoms with Gasteiger partial charge in [0.15, 0.2) is 0 Å². The van der Waals surface area contributed by atoms with Crippen molar-refractivity contribution in [2.24, 2.45) is 0 Å². The number of hydrogen-bond donors (Lipinski definition) is 0. The van der Waals surface area contributed by atoms with E-state index in [9.17, 15) is 9.18 Å². The van der Waals surface area contributed by atoms with Crippen LogP contribution in [-0.4, -0.2) is 60.7 Å². The molecule has 0 N–H and O–H groups in total. The Morgan fingerprint density at radius 1 is 1.14 bits per heavy atom. The lowest BCUT2D eigenvalue weighted by Gasteiger charge is -2.36. The molecule has 1 amide bonds. The molecule has 156 valence electrons. The number of aromatic nitrogens is 2. The van der Waals surface area contributed by atoms with E-state index in [0.717, 1.165) is 28.5 Å². The molecule has 1 aromatic carbocycles. The number of methoxy groups -OCH3 is 1.